The number of hydrogen-bond donors (Lipinski definition) is 3. The SMILES string of the molecule is COP(=O)(c1ccccc1Cl)c1c(C(N)O)[nH]c2ccc(Cl)cc12. The molecule has 1 aromatic heterocycles. The Morgan fingerprint density at radius 3 is 2.58 bits per heavy atom. The summed E-state index contributed by atoms with van der Waals surface area (Å²) < 4.78 is 19.2. The highest BCUT2D eigenvalue weighted by molar-refractivity contribution is 7.75. The molecule has 24 heavy (non-hydrogen) atoms. The van der Waals surface area contributed by atoms with E-state index < -0.39 is 13.6 Å². The second-order valence-corrected chi connectivity index (χ2v) is 8.45. The summed E-state index contributed by atoms with van der Waals surface area (Å²) in [7, 11) is -2.28. The number of aliphatic hydroxyl groups is 1. The lowest BCUT2D eigenvalue weighted by Gasteiger charge is -2.20. The van der Waals surface area contributed by atoms with Crippen LogP contribution in [-0.4, -0.2) is 17.2 Å². The summed E-state index contributed by atoms with van der Waals surface area (Å²) in [6.07, 6.45) is -1.36. The Morgan fingerprint density at radius 2 is 1.96 bits per heavy atom. The summed E-state index contributed by atoms with van der Waals surface area (Å²) in [5.41, 5.74) is 6.51. The molecule has 0 aliphatic heterocycles. The van der Waals surface area contributed by atoms with E-state index in [1.165, 1.54) is 7.11 Å². The number of nitrogens with one attached hydrogen (secondary N) is 1. The Labute approximate surface area is 148 Å². The molecule has 3 aromatic rings. The van der Waals surface area contributed by atoms with Crippen molar-refractivity contribution in [3.63, 3.8) is 0 Å². The molecule has 0 amide bonds. The third-order valence-corrected chi connectivity index (χ3v) is 7.08. The molecule has 0 fully saturated rings. The number of halogens is 2. The lowest BCUT2D eigenvalue weighted by atomic mass is 10.2. The van der Waals surface area contributed by atoms with E-state index in [0.717, 1.165) is 0 Å². The Hall–Kier alpha value is -1.33. The summed E-state index contributed by atoms with van der Waals surface area (Å²) in [5.74, 6) is 0. The molecule has 3 rings (SSSR count). The fourth-order valence-corrected chi connectivity index (χ4v) is 5.61. The van der Waals surface area contributed by atoms with Crippen molar-refractivity contribution in [2.75, 3.05) is 7.11 Å². The minimum atomic E-state index is -3.61. The van der Waals surface area contributed by atoms with Crippen LogP contribution in [0, 0.1) is 0 Å². The van der Waals surface area contributed by atoms with Crippen LogP contribution in [0.1, 0.15) is 11.9 Å². The predicted octanol–water partition coefficient (Wildman–Crippen LogP) is 3.30. The molecule has 1 heterocycles. The van der Waals surface area contributed by atoms with Crippen LogP contribution in [0.4, 0.5) is 0 Å². The second-order valence-electron chi connectivity index (χ2n) is 5.21. The van der Waals surface area contributed by atoms with Crippen molar-refractivity contribution in [1.29, 1.82) is 0 Å². The van der Waals surface area contributed by atoms with E-state index in [4.69, 9.17) is 33.5 Å². The van der Waals surface area contributed by atoms with Crippen LogP contribution in [0.3, 0.4) is 0 Å². The molecular weight excluding hydrogens is 370 g/mol. The van der Waals surface area contributed by atoms with Gasteiger partial charge in [0.1, 0.15) is 6.23 Å². The van der Waals surface area contributed by atoms with Gasteiger partial charge >= 0.3 is 0 Å². The van der Waals surface area contributed by atoms with E-state index in [9.17, 15) is 9.67 Å². The van der Waals surface area contributed by atoms with Gasteiger partial charge in [0.15, 0.2) is 0 Å². The topological polar surface area (TPSA) is 88.3 Å². The van der Waals surface area contributed by atoms with Crippen LogP contribution >= 0.6 is 30.6 Å². The second kappa shape index (κ2) is 6.52. The van der Waals surface area contributed by atoms with Gasteiger partial charge in [-0.25, -0.2) is 0 Å². The molecule has 0 bridgehead atoms. The van der Waals surface area contributed by atoms with E-state index in [0.29, 0.717) is 26.3 Å². The smallest absolute Gasteiger partial charge is 0.265 e. The summed E-state index contributed by atoms with van der Waals surface area (Å²) in [6, 6.07) is 11.8. The van der Waals surface area contributed by atoms with Crippen molar-refractivity contribution < 1.29 is 14.2 Å². The number of hydrogen-bond acceptors (Lipinski definition) is 4. The van der Waals surface area contributed by atoms with Gasteiger partial charge in [0.05, 0.1) is 21.3 Å². The van der Waals surface area contributed by atoms with Gasteiger partial charge in [-0.1, -0.05) is 35.3 Å². The highest BCUT2D eigenvalue weighted by atomic mass is 35.5. The maximum absolute atomic E-state index is 13.8. The first-order valence-corrected chi connectivity index (χ1v) is 9.42. The zero-order chi connectivity index (χ0) is 17.5. The predicted molar refractivity (Wildman–Crippen MR) is 97.8 cm³/mol. The van der Waals surface area contributed by atoms with Crippen molar-refractivity contribution >= 4 is 52.1 Å². The number of fused-ring (bicyclic) bond motifs is 1. The average Bonchev–Trinajstić information content (AvgIpc) is 2.94. The third-order valence-electron chi connectivity index (χ3n) is 3.78. The largest absolute Gasteiger partial charge is 0.373 e. The fraction of sp³-hybridized carbons (Fsp3) is 0.125. The summed E-state index contributed by atoms with van der Waals surface area (Å²) >= 11 is 12.3. The number of benzene rings is 2. The molecule has 126 valence electrons. The van der Waals surface area contributed by atoms with Crippen LogP contribution < -0.4 is 16.3 Å². The zero-order valence-corrected chi connectivity index (χ0v) is 15.1. The number of aromatic amines is 1. The Morgan fingerprint density at radius 1 is 1.25 bits per heavy atom. The van der Waals surface area contributed by atoms with Crippen LogP contribution in [0.15, 0.2) is 42.5 Å². The monoisotopic (exact) mass is 384 g/mol. The Bertz CT molecular complexity index is 956. The van der Waals surface area contributed by atoms with E-state index >= 15 is 0 Å². The van der Waals surface area contributed by atoms with Crippen molar-refractivity contribution in [1.82, 2.24) is 4.98 Å². The Kier molecular flexibility index (Phi) is 4.76. The molecule has 0 aliphatic carbocycles. The fourth-order valence-electron chi connectivity index (χ4n) is 2.70. The maximum atomic E-state index is 13.8. The minimum absolute atomic E-state index is 0.206. The summed E-state index contributed by atoms with van der Waals surface area (Å²) in [4.78, 5) is 2.99. The van der Waals surface area contributed by atoms with Gasteiger partial charge in [0, 0.05) is 23.0 Å². The standard InChI is InChI=1S/C16H15Cl2N2O3P/c1-23-24(22,13-5-3-2-4-11(13)18)15-10-8-9(17)6-7-12(10)20-14(15)16(19)21/h2-8,16,20-21H,19H2,1H3. The molecule has 0 saturated heterocycles. The molecule has 0 radical (unpaired) electrons. The summed E-state index contributed by atoms with van der Waals surface area (Å²) in [6.45, 7) is 0. The van der Waals surface area contributed by atoms with E-state index in [2.05, 4.69) is 4.98 Å². The maximum Gasteiger partial charge on any atom is 0.265 e. The molecule has 5 nitrogen and oxygen atoms in total. The van der Waals surface area contributed by atoms with Crippen LogP contribution in [0.25, 0.3) is 10.9 Å². The van der Waals surface area contributed by atoms with Crippen molar-refractivity contribution in [2.24, 2.45) is 5.73 Å². The molecule has 4 N–H and O–H groups in total. The first-order valence-electron chi connectivity index (χ1n) is 7.04. The molecule has 8 heteroatoms. The number of aliphatic hydroxyl groups excluding tert-OH is 1. The third kappa shape index (κ3) is 2.78. The molecule has 2 unspecified atom stereocenters. The summed E-state index contributed by atoms with van der Waals surface area (Å²) in [5, 5.41) is 11.9. The van der Waals surface area contributed by atoms with E-state index in [-0.39, 0.29) is 11.0 Å². The van der Waals surface area contributed by atoms with Gasteiger partial charge in [0.2, 0.25) is 0 Å². The van der Waals surface area contributed by atoms with Crippen molar-refractivity contribution in [3.8, 4) is 0 Å². The van der Waals surface area contributed by atoms with E-state index in [1.807, 2.05) is 0 Å². The van der Waals surface area contributed by atoms with Gasteiger partial charge in [-0.15, -0.1) is 0 Å². The van der Waals surface area contributed by atoms with Crippen LogP contribution in [0.2, 0.25) is 10.0 Å². The average molecular weight is 385 g/mol. The van der Waals surface area contributed by atoms with Gasteiger partial charge in [-0.3, -0.25) is 4.57 Å². The van der Waals surface area contributed by atoms with Crippen molar-refractivity contribution in [2.45, 2.75) is 6.23 Å². The van der Waals surface area contributed by atoms with Gasteiger partial charge in [-0.05, 0) is 30.3 Å². The lowest BCUT2D eigenvalue weighted by Crippen LogP contribution is -2.24. The number of H-pyrrole nitrogens is 1. The molecule has 2 aromatic carbocycles. The van der Waals surface area contributed by atoms with Gasteiger partial charge in [0.25, 0.3) is 7.37 Å². The first-order chi connectivity index (χ1) is 11.4. The van der Waals surface area contributed by atoms with Gasteiger partial charge in [-0.2, -0.15) is 0 Å². The van der Waals surface area contributed by atoms with Crippen molar-refractivity contribution in [3.05, 3.63) is 58.2 Å². The highest BCUT2D eigenvalue weighted by Gasteiger charge is 2.36. The Balaban J connectivity index is 2.41. The molecule has 2 atom stereocenters. The molecule has 0 spiro atoms. The lowest BCUT2D eigenvalue weighted by molar-refractivity contribution is 0.183. The number of nitrogens with two attached hydrogens (primary N) is 1. The molecular formula is C16H15Cl2N2O3P. The van der Waals surface area contributed by atoms with Gasteiger partial charge < -0.3 is 20.3 Å². The zero-order valence-electron chi connectivity index (χ0n) is 12.7. The number of aromatic nitrogens is 1. The molecule has 0 saturated carbocycles. The van der Waals surface area contributed by atoms with E-state index in [1.54, 1.807) is 42.5 Å². The van der Waals surface area contributed by atoms with Crippen LogP contribution in [0.5, 0.6) is 0 Å². The molecule has 0 aliphatic rings. The quantitative estimate of drug-likeness (QED) is 0.475. The minimum Gasteiger partial charge on any atom is -0.373 e. The number of rotatable bonds is 4. The normalized spacial score (nSPS) is 15.4. The first kappa shape index (κ1) is 17.5. The van der Waals surface area contributed by atoms with Crippen LogP contribution in [-0.2, 0) is 9.09 Å². The highest BCUT2D eigenvalue weighted by Crippen LogP contribution is 2.49.